The highest BCUT2D eigenvalue weighted by Crippen LogP contribution is 2.32. The van der Waals surface area contributed by atoms with Crippen LogP contribution in [0.4, 0.5) is 5.69 Å². The molecule has 2 heterocycles. The normalized spacial score (nSPS) is 12.9. The minimum absolute atomic E-state index is 0.291. The summed E-state index contributed by atoms with van der Waals surface area (Å²) < 4.78 is 11.0. The van der Waals surface area contributed by atoms with E-state index in [0.717, 1.165) is 5.52 Å². The van der Waals surface area contributed by atoms with Crippen molar-refractivity contribution >= 4 is 22.5 Å². The van der Waals surface area contributed by atoms with Gasteiger partial charge in [-0.3, -0.25) is 4.79 Å². The minimum atomic E-state index is -0.291. The molecule has 4 rings (SSSR count). The average Bonchev–Trinajstić information content (AvgIpc) is 2.61. The number of ether oxygens (including phenoxy) is 2. The maximum Gasteiger partial charge on any atom is 0.275 e. The highest BCUT2D eigenvalue weighted by molar-refractivity contribution is 6.10. The fraction of sp³-hybridized carbons (Fsp3) is 0.118. The van der Waals surface area contributed by atoms with Crippen molar-refractivity contribution in [2.45, 2.75) is 0 Å². The van der Waals surface area contributed by atoms with Gasteiger partial charge in [-0.05, 0) is 18.2 Å². The Morgan fingerprint density at radius 3 is 2.74 bits per heavy atom. The number of nitrogens with zero attached hydrogens (tertiary/aromatic N) is 2. The van der Waals surface area contributed by atoms with Gasteiger partial charge in [0.15, 0.2) is 11.5 Å². The lowest BCUT2D eigenvalue weighted by atomic mass is 10.1. The standard InChI is InChI=1S/C17H13N3O3/c21-17(16-12-3-1-2-4-13(12)18-10-19-16)20-11-5-6-14-15(9-11)23-8-7-22-14/h1-6,9-10H,7-8H2,(H,20,21). The Morgan fingerprint density at radius 2 is 1.83 bits per heavy atom. The van der Waals surface area contributed by atoms with Crippen LogP contribution >= 0.6 is 0 Å². The number of fused-ring (bicyclic) bond motifs is 2. The first-order valence-electron chi connectivity index (χ1n) is 7.22. The third kappa shape index (κ3) is 2.55. The Hall–Kier alpha value is -3.15. The van der Waals surface area contributed by atoms with Gasteiger partial charge in [-0.1, -0.05) is 18.2 Å². The maximum absolute atomic E-state index is 12.5. The minimum Gasteiger partial charge on any atom is -0.486 e. The van der Waals surface area contributed by atoms with Gasteiger partial charge in [-0.25, -0.2) is 9.97 Å². The summed E-state index contributed by atoms with van der Waals surface area (Å²) in [5, 5.41) is 3.55. The number of anilines is 1. The molecule has 0 unspecified atom stereocenters. The second-order valence-electron chi connectivity index (χ2n) is 5.05. The van der Waals surface area contributed by atoms with Crippen LogP contribution < -0.4 is 14.8 Å². The quantitative estimate of drug-likeness (QED) is 0.788. The van der Waals surface area contributed by atoms with E-state index in [1.54, 1.807) is 18.2 Å². The van der Waals surface area contributed by atoms with Crippen molar-refractivity contribution in [1.82, 2.24) is 9.97 Å². The molecule has 1 aromatic heterocycles. The van der Waals surface area contributed by atoms with Gasteiger partial charge in [0, 0.05) is 17.1 Å². The first-order valence-corrected chi connectivity index (χ1v) is 7.22. The van der Waals surface area contributed by atoms with Gasteiger partial charge in [-0.2, -0.15) is 0 Å². The summed E-state index contributed by atoms with van der Waals surface area (Å²) in [6, 6.07) is 12.7. The summed E-state index contributed by atoms with van der Waals surface area (Å²) in [6.45, 7) is 1.03. The molecule has 0 atom stereocenters. The second-order valence-corrected chi connectivity index (χ2v) is 5.05. The first-order chi connectivity index (χ1) is 11.3. The van der Waals surface area contributed by atoms with Crippen molar-refractivity contribution < 1.29 is 14.3 Å². The van der Waals surface area contributed by atoms with E-state index in [1.165, 1.54) is 6.33 Å². The van der Waals surface area contributed by atoms with Crippen LogP contribution in [-0.4, -0.2) is 29.1 Å². The summed E-state index contributed by atoms with van der Waals surface area (Å²) in [6.07, 6.45) is 1.39. The zero-order valence-corrected chi connectivity index (χ0v) is 12.2. The number of amides is 1. The number of aromatic nitrogens is 2. The number of carbonyl (C=O) groups excluding carboxylic acids is 1. The van der Waals surface area contributed by atoms with Crippen molar-refractivity contribution in [2.24, 2.45) is 0 Å². The fourth-order valence-electron chi connectivity index (χ4n) is 2.50. The van der Waals surface area contributed by atoms with Gasteiger partial charge in [0.25, 0.3) is 5.91 Å². The average molecular weight is 307 g/mol. The highest BCUT2D eigenvalue weighted by Gasteiger charge is 2.15. The number of nitrogens with one attached hydrogen (secondary N) is 1. The summed E-state index contributed by atoms with van der Waals surface area (Å²) in [5.41, 5.74) is 1.70. The molecule has 1 N–H and O–H groups in total. The Morgan fingerprint density at radius 1 is 1.00 bits per heavy atom. The SMILES string of the molecule is O=C(Nc1ccc2c(c1)OCCO2)c1ncnc2ccccc12. The van der Waals surface area contributed by atoms with E-state index < -0.39 is 0 Å². The summed E-state index contributed by atoms with van der Waals surface area (Å²) in [4.78, 5) is 20.8. The largest absolute Gasteiger partial charge is 0.486 e. The van der Waals surface area contributed by atoms with Gasteiger partial charge >= 0.3 is 0 Å². The molecule has 1 aliphatic heterocycles. The predicted octanol–water partition coefficient (Wildman–Crippen LogP) is 2.65. The van der Waals surface area contributed by atoms with E-state index in [9.17, 15) is 4.79 Å². The lowest BCUT2D eigenvalue weighted by Crippen LogP contribution is -2.17. The van der Waals surface area contributed by atoms with E-state index in [-0.39, 0.29) is 5.91 Å². The van der Waals surface area contributed by atoms with Gasteiger partial charge in [-0.15, -0.1) is 0 Å². The van der Waals surface area contributed by atoms with Gasteiger partial charge in [0.2, 0.25) is 0 Å². The topological polar surface area (TPSA) is 73.3 Å². The van der Waals surface area contributed by atoms with Crippen molar-refractivity contribution in [3.8, 4) is 11.5 Å². The van der Waals surface area contributed by atoms with Crippen LogP contribution in [0, 0.1) is 0 Å². The van der Waals surface area contributed by atoms with Crippen molar-refractivity contribution in [2.75, 3.05) is 18.5 Å². The molecule has 114 valence electrons. The van der Waals surface area contributed by atoms with Crippen molar-refractivity contribution in [3.63, 3.8) is 0 Å². The van der Waals surface area contributed by atoms with Gasteiger partial charge in [0.1, 0.15) is 25.2 Å². The smallest absolute Gasteiger partial charge is 0.275 e. The Bertz CT molecular complexity index is 890. The van der Waals surface area contributed by atoms with Gasteiger partial charge < -0.3 is 14.8 Å². The molecule has 6 heteroatoms. The molecule has 0 radical (unpaired) electrons. The molecule has 3 aromatic rings. The number of hydrogen-bond donors (Lipinski definition) is 1. The zero-order chi connectivity index (χ0) is 15.6. The Balaban J connectivity index is 1.64. The Kier molecular flexibility index (Phi) is 3.27. The van der Waals surface area contributed by atoms with Crippen LogP contribution in [0.1, 0.15) is 10.5 Å². The van der Waals surface area contributed by atoms with Crippen molar-refractivity contribution in [3.05, 3.63) is 54.5 Å². The highest BCUT2D eigenvalue weighted by atomic mass is 16.6. The fourth-order valence-corrected chi connectivity index (χ4v) is 2.50. The number of carbonyl (C=O) groups is 1. The zero-order valence-electron chi connectivity index (χ0n) is 12.2. The molecule has 23 heavy (non-hydrogen) atoms. The number of para-hydroxylation sites is 1. The van der Waals surface area contributed by atoms with E-state index in [0.29, 0.717) is 41.5 Å². The van der Waals surface area contributed by atoms with Crippen LogP contribution in [0.3, 0.4) is 0 Å². The summed E-state index contributed by atoms with van der Waals surface area (Å²) >= 11 is 0. The predicted molar refractivity (Wildman–Crippen MR) is 84.9 cm³/mol. The lowest BCUT2D eigenvalue weighted by molar-refractivity contribution is 0.102. The molecule has 2 aromatic carbocycles. The molecule has 0 saturated heterocycles. The maximum atomic E-state index is 12.5. The van der Waals surface area contributed by atoms with E-state index in [1.807, 2.05) is 24.3 Å². The third-order valence-electron chi connectivity index (χ3n) is 3.56. The molecule has 0 saturated carbocycles. The monoisotopic (exact) mass is 307 g/mol. The second kappa shape index (κ2) is 5.57. The molecule has 0 aliphatic carbocycles. The first kappa shape index (κ1) is 13.5. The van der Waals surface area contributed by atoms with Crippen LogP contribution in [-0.2, 0) is 0 Å². The van der Waals surface area contributed by atoms with Crippen LogP contribution in [0.2, 0.25) is 0 Å². The van der Waals surface area contributed by atoms with Crippen molar-refractivity contribution in [1.29, 1.82) is 0 Å². The number of benzene rings is 2. The molecular formula is C17H13N3O3. The molecule has 0 fully saturated rings. The number of rotatable bonds is 2. The third-order valence-corrected chi connectivity index (χ3v) is 3.56. The lowest BCUT2D eigenvalue weighted by Gasteiger charge is -2.19. The summed E-state index contributed by atoms with van der Waals surface area (Å²) in [5.74, 6) is 1.02. The molecule has 0 spiro atoms. The Labute approximate surface area is 132 Å². The van der Waals surface area contributed by atoms with Crippen LogP contribution in [0.15, 0.2) is 48.8 Å². The molecule has 1 aliphatic rings. The van der Waals surface area contributed by atoms with Crippen LogP contribution in [0.5, 0.6) is 11.5 Å². The van der Waals surface area contributed by atoms with Crippen LogP contribution in [0.25, 0.3) is 10.9 Å². The molecule has 1 amide bonds. The molecule has 0 bridgehead atoms. The summed E-state index contributed by atoms with van der Waals surface area (Å²) in [7, 11) is 0. The number of hydrogen-bond acceptors (Lipinski definition) is 5. The van der Waals surface area contributed by atoms with E-state index in [2.05, 4.69) is 15.3 Å². The molecule has 6 nitrogen and oxygen atoms in total. The molecular weight excluding hydrogens is 294 g/mol. The van der Waals surface area contributed by atoms with E-state index >= 15 is 0 Å². The van der Waals surface area contributed by atoms with E-state index in [4.69, 9.17) is 9.47 Å². The van der Waals surface area contributed by atoms with Gasteiger partial charge in [0.05, 0.1) is 5.52 Å².